The first-order valence-corrected chi connectivity index (χ1v) is 7.23. The molecular weight excluding hydrogens is 260 g/mol. The predicted molar refractivity (Wildman–Crippen MR) is 74.5 cm³/mol. The molecule has 1 aliphatic carbocycles. The van der Waals surface area contributed by atoms with Gasteiger partial charge in [-0.25, -0.2) is 4.98 Å². The Hall–Kier alpha value is -1.69. The Bertz CT molecular complexity index is 616. The lowest BCUT2D eigenvalue weighted by molar-refractivity contribution is 0.101. The molecule has 2 aromatic heterocycles. The molecule has 2 aromatic rings. The molecule has 0 aliphatic heterocycles. The number of hydrogen-bond acceptors (Lipinski definition) is 4. The first kappa shape index (κ1) is 12.3. The molecule has 0 fully saturated rings. The standard InChI is InChI=1S/C13H16N4OS/c1-8-3-4-9-11(7-8)19-13(15-9)16-12(18)10-5-6-14-17(10)2/h5-6,8H,3-4,7H2,1-2H3,(H,15,16,18). The number of amides is 1. The molecule has 1 aliphatic rings. The van der Waals surface area contributed by atoms with E-state index in [4.69, 9.17) is 0 Å². The van der Waals surface area contributed by atoms with Crippen molar-refractivity contribution < 1.29 is 4.79 Å². The number of thiazole rings is 1. The molecule has 0 radical (unpaired) electrons. The van der Waals surface area contributed by atoms with Gasteiger partial charge in [-0.3, -0.25) is 14.8 Å². The largest absolute Gasteiger partial charge is 0.296 e. The van der Waals surface area contributed by atoms with Crippen LogP contribution in [0.5, 0.6) is 0 Å². The molecule has 0 aromatic carbocycles. The van der Waals surface area contributed by atoms with E-state index >= 15 is 0 Å². The van der Waals surface area contributed by atoms with Crippen LogP contribution >= 0.6 is 11.3 Å². The summed E-state index contributed by atoms with van der Waals surface area (Å²) in [5.74, 6) is 0.563. The van der Waals surface area contributed by atoms with Gasteiger partial charge in [0, 0.05) is 18.1 Å². The fourth-order valence-electron chi connectivity index (χ4n) is 2.35. The van der Waals surface area contributed by atoms with Crippen LogP contribution in [-0.4, -0.2) is 20.7 Å². The molecule has 1 N–H and O–H groups in total. The molecule has 1 atom stereocenters. The molecule has 0 bridgehead atoms. The van der Waals surface area contributed by atoms with E-state index < -0.39 is 0 Å². The summed E-state index contributed by atoms with van der Waals surface area (Å²) in [6, 6.07) is 1.70. The van der Waals surface area contributed by atoms with Crippen LogP contribution in [0.25, 0.3) is 0 Å². The first-order chi connectivity index (χ1) is 9.13. The average molecular weight is 276 g/mol. The molecule has 0 saturated heterocycles. The van der Waals surface area contributed by atoms with Gasteiger partial charge >= 0.3 is 0 Å². The van der Waals surface area contributed by atoms with Gasteiger partial charge in [0.2, 0.25) is 0 Å². The van der Waals surface area contributed by atoms with Gasteiger partial charge in [0.05, 0.1) is 5.69 Å². The highest BCUT2D eigenvalue weighted by Crippen LogP contribution is 2.32. The lowest BCUT2D eigenvalue weighted by atomic mass is 9.93. The van der Waals surface area contributed by atoms with Crippen molar-refractivity contribution in [2.45, 2.75) is 26.2 Å². The summed E-state index contributed by atoms with van der Waals surface area (Å²) in [4.78, 5) is 17.9. The lowest BCUT2D eigenvalue weighted by Crippen LogP contribution is -2.16. The monoisotopic (exact) mass is 276 g/mol. The van der Waals surface area contributed by atoms with Crippen LogP contribution in [0.1, 0.15) is 34.4 Å². The number of nitrogens with one attached hydrogen (secondary N) is 1. The second-order valence-electron chi connectivity index (χ2n) is 5.03. The van der Waals surface area contributed by atoms with Gasteiger partial charge in [0.1, 0.15) is 5.69 Å². The van der Waals surface area contributed by atoms with Gasteiger partial charge in [-0.05, 0) is 31.2 Å². The molecule has 3 rings (SSSR count). The summed E-state index contributed by atoms with van der Waals surface area (Å²) in [6.07, 6.45) is 4.90. The molecular formula is C13H16N4OS. The zero-order chi connectivity index (χ0) is 13.4. The van der Waals surface area contributed by atoms with Crippen molar-refractivity contribution in [3.05, 3.63) is 28.5 Å². The highest BCUT2D eigenvalue weighted by atomic mass is 32.1. The smallest absolute Gasteiger partial charge is 0.275 e. The zero-order valence-electron chi connectivity index (χ0n) is 11.0. The molecule has 19 heavy (non-hydrogen) atoms. The van der Waals surface area contributed by atoms with Crippen LogP contribution in [0, 0.1) is 5.92 Å². The van der Waals surface area contributed by atoms with Crippen molar-refractivity contribution in [3.8, 4) is 0 Å². The topological polar surface area (TPSA) is 59.8 Å². The van der Waals surface area contributed by atoms with Crippen molar-refractivity contribution in [2.24, 2.45) is 13.0 Å². The van der Waals surface area contributed by atoms with Crippen LogP contribution in [0.3, 0.4) is 0 Å². The maximum Gasteiger partial charge on any atom is 0.275 e. The molecule has 2 heterocycles. The van der Waals surface area contributed by atoms with Crippen LogP contribution in [-0.2, 0) is 19.9 Å². The normalized spacial score (nSPS) is 18.1. The summed E-state index contributed by atoms with van der Waals surface area (Å²) in [7, 11) is 1.75. The minimum absolute atomic E-state index is 0.154. The maximum atomic E-state index is 12.1. The molecule has 1 amide bonds. The Kier molecular flexibility index (Phi) is 3.10. The second kappa shape index (κ2) is 4.77. The quantitative estimate of drug-likeness (QED) is 0.915. The average Bonchev–Trinajstić information content (AvgIpc) is 2.94. The van der Waals surface area contributed by atoms with Crippen molar-refractivity contribution in [3.63, 3.8) is 0 Å². The SMILES string of the molecule is CC1CCc2nc(NC(=O)c3ccnn3C)sc2C1. The van der Waals surface area contributed by atoms with E-state index in [0.29, 0.717) is 16.7 Å². The minimum Gasteiger partial charge on any atom is -0.296 e. The lowest BCUT2D eigenvalue weighted by Gasteiger charge is -2.15. The Morgan fingerprint density at radius 3 is 3.16 bits per heavy atom. The summed E-state index contributed by atoms with van der Waals surface area (Å²) in [6.45, 7) is 2.26. The molecule has 6 heteroatoms. The minimum atomic E-state index is -0.154. The van der Waals surface area contributed by atoms with Crippen molar-refractivity contribution >= 4 is 22.4 Å². The maximum absolute atomic E-state index is 12.1. The Labute approximate surface area is 115 Å². The summed E-state index contributed by atoms with van der Waals surface area (Å²) in [5, 5.41) is 7.56. The number of hydrogen-bond donors (Lipinski definition) is 1. The summed E-state index contributed by atoms with van der Waals surface area (Å²) in [5.41, 5.74) is 1.70. The van der Waals surface area contributed by atoms with Crippen LogP contribution in [0.4, 0.5) is 5.13 Å². The van der Waals surface area contributed by atoms with E-state index in [9.17, 15) is 4.79 Å². The molecule has 0 spiro atoms. The number of nitrogens with zero attached hydrogens (tertiary/aromatic N) is 3. The van der Waals surface area contributed by atoms with Crippen molar-refractivity contribution in [2.75, 3.05) is 5.32 Å². The zero-order valence-corrected chi connectivity index (χ0v) is 11.8. The number of fused-ring (bicyclic) bond motifs is 1. The van der Waals surface area contributed by atoms with E-state index in [1.54, 1.807) is 35.3 Å². The third-order valence-corrected chi connectivity index (χ3v) is 4.50. The fraction of sp³-hybridized carbons (Fsp3) is 0.462. The van der Waals surface area contributed by atoms with Gasteiger partial charge in [-0.15, -0.1) is 11.3 Å². The molecule has 0 saturated carbocycles. The van der Waals surface area contributed by atoms with Crippen molar-refractivity contribution in [1.82, 2.24) is 14.8 Å². The fourth-order valence-corrected chi connectivity index (χ4v) is 3.52. The van der Waals surface area contributed by atoms with Crippen LogP contribution in [0.15, 0.2) is 12.3 Å². The van der Waals surface area contributed by atoms with Gasteiger partial charge in [0.15, 0.2) is 5.13 Å². The Morgan fingerprint density at radius 1 is 1.58 bits per heavy atom. The van der Waals surface area contributed by atoms with Crippen LogP contribution in [0.2, 0.25) is 0 Å². The number of carbonyl (C=O) groups excluding carboxylic acids is 1. The molecule has 5 nitrogen and oxygen atoms in total. The van der Waals surface area contributed by atoms with E-state index in [0.717, 1.165) is 18.5 Å². The number of carbonyl (C=O) groups is 1. The number of aryl methyl sites for hydroxylation is 2. The van der Waals surface area contributed by atoms with E-state index in [1.807, 2.05) is 0 Å². The second-order valence-corrected chi connectivity index (χ2v) is 6.11. The van der Waals surface area contributed by atoms with E-state index in [2.05, 4.69) is 22.3 Å². The predicted octanol–water partition coefficient (Wildman–Crippen LogP) is 2.25. The first-order valence-electron chi connectivity index (χ1n) is 6.41. The summed E-state index contributed by atoms with van der Waals surface area (Å²) < 4.78 is 1.56. The Balaban J connectivity index is 1.78. The van der Waals surface area contributed by atoms with Crippen LogP contribution < -0.4 is 5.32 Å². The number of anilines is 1. The third-order valence-electron chi connectivity index (χ3n) is 3.46. The number of aromatic nitrogens is 3. The van der Waals surface area contributed by atoms with E-state index in [1.165, 1.54) is 11.3 Å². The van der Waals surface area contributed by atoms with E-state index in [-0.39, 0.29) is 5.91 Å². The molecule has 1 unspecified atom stereocenters. The highest BCUT2D eigenvalue weighted by Gasteiger charge is 2.21. The number of rotatable bonds is 2. The third kappa shape index (κ3) is 2.40. The van der Waals surface area contributed by atoms with Crippen molar-refractivity contribution in [1.29, 1.82) is 0 Å². The van der Waals surface area contributed by atoms with Gasteiger partial charge in [-0.1, -0.05) is 6.92 Å². The van der Waals surface area contributed by atoms with Gasteiger partial charge < -0.3 is 0 Å². The summed E-state index contributed by atoms with van der Waals surface area (Å²) >= 11 is 1.60. The molecule has 100 valence electrons. The highest BCUT2D eigenvalue weighted by molar-refractivity contribution is 7.15. The van der Waals surface area contributed by atoms with Gasteiger partial charge in [0.25, 0.3) is 5.91 Å². The van der Waals surface area contributed by atoms with Gasteiger partial charge in [-0.2, -0.15) is 5.10 Å². The Morgan fingerprint density at radius 2 is 2.42 bits per heavy atom.